The Bertz CT molecular complexity index is 297. The highest BCUT2D eigenvalue weighted by Gasteiger charge is 2.00. The van der Waals surface area contributed by atoms with Gasteiger partial charge in [-0.25, -0.2) is 0 Å². The van der Waals surface area contributed by atoms with Crippen molar-refractivity contribution in [2.45, 2.75) is 20.3 Å². The third-order valence-corrected chi connectivity index (χ3v) is 3.15. The van der Waals surface area contributed by atoms with Crippen LogP contribution < -0.4 is 5.32 Å². The van der Waals surface area contributed by atoms with E-state index in [2.05, 4.69) is 57.1 Å². The number of hydrogen-bond acceptors (Lipinski definition) is 1. The van der Waals surface area contributed by atoms with Gasteiger partial charge in [0.2, 0.25) is 0 Å². The number of halogens is 2. The van der Waals surface area contributed by atoms with Gasteiger partial charge in [-0.3, -0.25) is 0 Å². The molecule has 0 amide bonds. The second kappa shape index (κ2) is 5.76. The predicted molar refractivity (Wildman–Crippen MR) is 69.8 cm³/mol. The highest BCUT2D eigenvalue weighted by atomic mass is 79.9. The Labute approximate surface area is 103 Å². The molecule has 1 N–H and O–H groups in total. The van der Waals surface area contributed by atoms with E-state index in [4.69, 9.17) is 0 Å². The van der Waals surface area contributed by atoms with Crippen LogP contribution in [0.25, 0.3) is 0 Å². The molecule has 0 fully saturated rings. The monoisotopic (exact) mass is 319 g/mol. The summed E-state index contributed by atoms with van der Waals surface area (Å²) in [6.07, 6.45) is 1.19. The summed E-state index contributed by atoms with van der Waals surface area (Å²) >= 11 is 6.97. The van der Waals surface area contributed by atoms with Crippen molar-refractivity contribution in [2.24, 2.45) is 5.92 Å². The van der Waals surface area contributed by atoms with Crippen molar-refractivity contribution in [2.75, 3.05) is 11.9 Å². The molecule has 1 nitrogen and oxygen atoms in total. The summed E-state index contributed by atoms with van der Waals surface area (Å²) in [5, 5.41) is 3.41. The van der Waals surface area contributed by atoms with Gasteiger partial charge < -0.3 is 5.32 Å². The summed E-state index contributed by atoms with van der Waals surface area (Å²) < 4.78 is 2.22. The first-order chi connectivity index (χ1) is 6.59. The Balaban J connectivity index is 2.53. The van der Waals surface area contributed by atoms with E-state index >= 15 is 0 Å². The molecule has 0 saturated heterocycles. The van der Waals surface area contributed by atoms with Gasteiger partial charge in [-0.05, 0) is 46.5 Å². The minimum atomic E-state index is 0.744. The number of anilines is 1. The van der Waals surface area contributed by atoms with E-state index in [0.29, 0.717) is 0 Å². The molecule has 1 aromatic carbocycles. The lowest BCUT2D eigenvalue weighted by molar-refractivity contribution is 0.607. The van der Waals surface area contributed by atoms with Crippen LogP contribution in [0.2, 0.25) is 0 Å². The average Bonchev–Trinajstić information content (AvgIpc) is 2.10. The smallest absolute Gasteiger partial charge is 0.0495 e. The van der Waals surface area contributed by atoms with Gasteiger partial charge in [-0.1, -0.05) is 29.8 Å². The standard InChI is InChI=1S/C11H15Br2N/c1-8(2)5-6-14-11-7-9(12)3-4-10(11)13/h3-4,7-8,14H,5-6H2,1-2H3. The van der Waals surface area contributed by atoms with Gasteiger partial charge in [0.25, 0.3) is 0 Å². The van der Waals surface area contributed by atoms with Crippen LogP contribution in [0.3, 0.4) is 0 Å². The quantitative estimate of drug-likeness (QED) is 0.850. The molecule has 0 aliphatic heterocycles. The van der Waals surface area contributed by atoms with Crippen molar-refractivity contribution >= 4 is 37.5 Å². The fourth-order valence-corrected chi connectivity index (χ4v) is 1.88. The average molecular weight is 321 g/mol. The SMILES string of the molecule is CC(C)CCNc1cc(Br)ccc1Br. The van der Waals surface area contributed by atoms with Crippen LogP contribution in [0, 0.1) is 5.92 Å². The first-order valence-corrected chi connectivity index (χ1v) is 6.37. The first-order valence-electron chi connectivity index (χ1n) is 4.78. The molecule has 1 rings (SSSR count). The number of rotatable bonds is 4. The summed E-state index contributed by atoms with van der Waals surface area (Å²) in [5.74, 6) is 0.744. The van der Waals surface area contributed by atoms with Crippen molar-refractivity contribution in [1.29, 1.82) is 0 Å². The lowest BCUT2D eigenvalue weighted by Crippen LogP contribution is -2.05. The zero-order valence-corrected chi connectivity index (χ0v) is 11.7. The van der Waals surface area contributed by atoms with Gasteiger partial charge in [0, 0.05) is 21.2 Å². The first kappa shape index (κ1) is 12.1. The molecule has 0 aliphatic carbocycles. The fraction of sp³-hybridized carbons (Fsp3) is 0.455. The van der Waals surface area contributed by atoms with E-state index in [0.717, 1.165) is 27.1 Å². The zero-order valence-electron chi connectivity index (χ0n) is 8.48. The topological polar surface area (TPSA) is 12.0 Å². The lowest BCUT2D eigenvalue weighted by atomic mass is 10.1. The molecular formula is C11H15Br2N. The Hall–Kier alpha value is -0.0200. The van der Waals surface area contributed by atoms with E-state index in [9.17, 15) is 0 Å². The molecular weight excluding hydrogens is 306 g/mol. The molecule has 0 heterocycles. The minimum Gasteiger partial charge on any atom is -0.384 e. The van der Waals surface area contributed by atoms with Crippen LogP contribution in [0.4, 0.5) is 5.69 Å². The van der Waals surface area contributed by atoms with Gasteiger partial charge in [-0.15, -0.1) is 0 Å². The maximum absolute atomic E-state index is 3.51. The van der Waals surface area contributed by atoms with E-state index in [1.807, 2.05) is 12.1 Å². The van der Waals surface area contributed by atoms with Crippen molar-refractivity contribution < 1.29 is 0 Å². The molecule has 0 aliphatic rings. The number of nitrogens with one attached hydrogen (secondary N) is 1. The second-order valence-electron chi connectivity index (χ2n) is 3.73. The van der Waals surface area contributed by atoms with Crippen molar-refractivity contribution in [3.05, 3.63) is 27.1 Å². The number of hydrogen-bond donors (Lipinski definition) is 1. The van der Waals surface area contributed by atoms with Crippen LogP contribution in [-0.4, -0.2) is 6.54 Å². The minimum absolute atomic E-state index is 0.744. The third-order valence-electron chi connectivity index (χ3n) is 1.97. The molecule has 0 spiro atoms. The molecule has 1 aromatic rings. The molecule has 0 atom stereocenters. The predicted octanol–water partition coefficient (Wildman–Crippen LogP) is 4.67. The molecule has 14 heavy (non-hydrogen) atoms. The van der Waals surface area contributed by atoms with E-state index in [-0.39, 0.29) is 0 Å². The van der Waals surface area contributed by atoms with Gasteiger partial charge in [0.15, 0.2) is 0 Å². The van der Waals surface area contributed by atoms with Crippen LogP contribution >= 0.6 is 31.9 Å². The third kappa shape index (κ3) is 4.01. The maximum Gasteiger partial charge on any atom is 0.0495 e. The van der Waals surface area contributed by atoms with Gasteiger partial charge in [0.1, 0.15) is 0 Å². The Morgan fingerprint density at radius 1 is 1.29 bits per heavy atom. The summed E-state index contributed by atoms with van der Waals surface area (Å²) in [4.78, 5) is 0. The molecule has 78 valence electrons. The van der Waals surface area contributed by atoms with E-state index in [1.54, 1.807) is 0 Å². The van der Waals surface area contributed by atoms with Crippen molar-refractivity contribution in [1.82, 2.24) is 0 Å². The van der Waals surface area contributed by atoms with Crippen LogP contribution in [0.1, 0.15) is 20.3 Å². The Kier molecular flexibility index (Phi) is 4.96. The molecule has 0 aromatic heterocycles. The van der Waals surface area contributed by atoms with Gasteiger partial charge >= 0.3 is 0 Å². The Morgan fingerprint density at radius 2 is 2.00 bits per heavy atom. The largest absolute Gasteiger partial charge is 0.384 e. The lowest BCUT2D eigenvalue weighted by Gasteiger charge is -2.10. The molecule has 0 bridgehead atoms. The fourth-order valence-electron chi connectivity index (χ4n) is 1.13. The van der Waals surface area contributed by atoms with Crippen molar-refractivity contribution in [3.8, 4) is 0 Å². The normalized spacial score (nSPS) is 10.6. The molecule has 0 radical (unpaired) electrons. The second-order valence-corrected chi connectivity index (χ2v) is 5.50. The maximum atomic E-state index is 3.51. The van der Waals surface area contributed by atoms with Crippen LogP contribution in [0.5, 0.6) is 0 Å². The van der Waals surface area contributed by atoms with Crippen molar-refractivity contribution in [3.63, 3.8) is 0 Å². The molecule has 0 unspecified atom stereocenters. The summed E-state index contributed by atoms with van der Waals surface area (Å²) in [7, 11) is 0. The van der Waals surface area contributed by atoms with Crippen LogP contribution in [0.15, 0.2) is 27.1 Å². The van der Waals surface area contributed by atoms with Gasteiger partial charge in [-0.2, -0.15) is 0 Å². The van der Waals surface area contributed by atoms with E-state index < -0.39 is 0 Å². The molecule has 3 heteroatoms. The molecule has 0 saturated carbocycles. The Morgan fingerprint density at radius 3 is 2.64 bits per heavy atom. The van der Waals surface area contributed by atoms with Gasteiger partial charge in [0.05, 0.1) is 0 Å². The number of benzene rings is 1. The highest BCUT2D eigenvalue weighted by molar-refractivity contribution is 9.11. The van der Waals surface area contributed by atoms with Crippen LogP contribution in [-0.2, 0) is 0 Å². The zero-order chi connectivity index (χ0) is 10.6. The summed E-state index contributed by atoms with van der Waals surface area (Å²) in [5.41, 5.74) is 1.15. The van der Waals surface area contributed by atoms with E-state index in [1.165, 1.54) is 6.42 Å². The summed E-state index contributed by atoms with van der Waals surface area (Å²) in [6, 6.07) is 6.16. The highest BCUT2D eigenvalue weighted by Crippen LogP contribution is 2.26. The summed E-state index contributed by atoms with van der Waals surface area (Å²) in [6.45, 7) is 5.49.